The Morgan fingerprint density at radius 3 is 1.66 bits per heavy atom. The number of carbonyl (C=O) groups excluding carboxylic acids is 2. The summed E-state index contributed by atoms with van der Waals surface area (Å²) in [4.78, 5) is 25.0. The summed E-state index contributed by atoms with van der Waals surface area (Å²) >= 11 is 0. The molecule has 1 atom stereocenters. The third-order valence-corrected chi connectivity index (χ3v) is 7.33. The van der Waals surface area contributed by atoms with E-state index in [1.165, 1.54) is 10.6 Å². The van der Waals surface area contributed by atoms with Gasteiger partial charge in [-0.3, -0.25) is 4.79 Å². The predicted octanol–water partition coefficient (Wildman–Crippen LogP) is 4.77. The van der Waals surface area contributed by atoms with Crippen LogP contribution in [0.5, 0.6) is 0 Å². The van der Waals surface area contributed by atoms with E-state index in [1.807, 2.05) is 66.7 Å². The van der Waals surface area contributed by atoms with Crippen LogP contribution in [0.4, 0.5) is 0 Å². The molecule has 3 nitrogen and oxygen atoms in total. The first-order valence-corrected chi connectivity index (χ1v) is 11.2. The van der Waals surface area contributed by atoms with Crippen LogP contribution < -0.4 is 10.6 Å². The molecule has 0 aliphatic heterocycles. The van der Waals surface area contributed by atoms with Gasteiger partial charge in [0, 0.05) is 12.1 Å². The molecule has 0 saturated heterocycles. The van der Waals surface area contributed by atoms with Crippen LogP contribution in [-0.4, -0.2) is 17.9 Å². The number of ketones is 1. The van der Waals surface area contributed by atoms with Crippen molar-refractivity contribution in [1.29, 1.82) is 0 Å². The lowest BCUT2D eigenvalue weighted by molar-refractivity contribution is -0.156. The van der Waals surface area contributed by atoms with Gasteiger partial charge in [-0.1, -0.05) is 91.0 Å². The molecule has 0 aliphatic carbocycles. The molecule has 3 aromatic carbocycles. The number of hydrogen-bond acceptors (Lipinski definition) is 3. The molecule has 0 heterocycles. The van der Waals surface area contributed by atoms with Gasteiger partial charge >= 0.3 is 5.97 Å². The highest BCUT2D eigenvalue weighted by molar-refractivity contribution is 7.73. The van der Waals surface area contributed by atoms with Crippen molar-refractivity contribution in [2.75, 3.05) is 0 Å². The Hall–Kier alpha value is -2.77. The summed E-state index contributed by atoms with van der Waals surface area (Å²) in [6, 6.07) is 30.4. The van der Waals surface area contributed by atoms with Crippen LogP contribution in [0, 0.1) is 0 Å². The molecule has 0 bridgehead atoms. The summed E-state index contributed by atoms with van der Waals surface area (Å²) in [6.45, 7) is 3.50. The van der Waals surface area contributed by atoms with E-state index in [0.717, 1.165) is 5.56 Å². The third-order valence-electron chi connectivity index (χ3n) is 4.51. The molecular weight excluding hydrogens is 379 g/mol. The lowest BCUT2D eigenvalue weighted by Gasteiger charge is -2.28. The third kappa shape index (κ3) is 5.62. The molecule has 0 aromatic heterocycles. The molecule has 0 radical (unpaired) electrons. The summed E-state index contributed by atoms with van der Waals surface area (Å²) in [5, 5.41) is 2.35. The standard InChI is InChI=1S/C25H25O3P/c1-19(2)28-25(27)23(26)18-24(20-12-6-3-7-13-20)29(21-14-8-4-9-15-21)22-16-10-5-11-17-22/h3-17,19,24H,18H2,1-2H3/t24-/m0/s1. The van der Waals surface area contributed by atoms with E-state index in [1.54, 1.807) is 13.8 Å². The van der Waals surface area contributed by atoms with Crippen molar-refractivity contribution in [1.82, 2.24) is 0 Å². The topological polar surface area (TPSA) is 43.4 Å². The van der Waals surface area contributed by atoms with Crippen LogP contribution in [0.25, 0.3) is 0 Å². The first-order chi connectivity index (χ1) is 14.1. The number of carbonyl (C=O) groups is 2. The second-order valence-electron chi connectivity index (χ2n) is 7.05. The Morgan fingerprint density at radius 2 is 1.21 bits per heavy atom. The second-order valence-corrected chi connectivity index (χ2v) is 9.45. The van der Waals surface area contributed by atoms with Gasteiger partial charge in [0.25, 0.3) is 0 Å². The normalized spacial score (nSPS) is 12.0. The molecule has 3 rings (SSSR count). The van der Waals surface area contributed by atoms with Crippen molar-refractivity contribution in [2.24, 2.45) is 0 Å². The van der Waals surface area contributed by atoms with Crippen LogP contribution in [0.15, 0.2) is 91.0 Å². The minimum atomic E-state index is -0.897. The van der Waals surface area contributed by atoms with Gasteiger partial charge in [0.15, 0.2) is 0 Å². The molecule has 148 valence electrons. The molecule has 0 fully saturated rings. The number of hydrogen-bond donors (Lipinski definition) is 0. The Labute approximate surface area is 173 Å². The van der Waals surface area contributed by atoms with E-state index in [-0.39, 0.29) is 18.2 Å². The minimum absolute atomic E-state index is 0.116. The molecular formula is C25H25O3P. The maximum absolute atomic E-state index is 12.8. The van der Waals surface area contributed by atoms with E-state index in [4.69, 9.17) is 4.74 Å². The fourth-order valence-electron chi connectivity index (χ4n) is 3.26. The van der Waals surface area contributed by atoms with Gasteiger partial charge < -0.3 is 4.74 Å². The van der Waals surface area contributed by atoms with E-state index < -0.39 is 19.7 Å². The van der Waals surface area contributed by atoms with E-state index in [2.05, 4.69) is 24.3 Å². The number of benzene rings is 3. The van der Waals surface area contributed by atoms with Crippen molar-refractivity contribution in [3.05, 3.63) is 96.6 Å². The predicted molar refractivity (Wildman–Crippen MR) is 119 cm³/mol. The molecule has 3 aromatic rings. The quantitative estimate of drug-likeness (QED) is 0.309. The molecule has 29 heavy (non-hydrogen) atoms. The fourth-order valence-corrected chi connectivity index (χ4v) is 6.08. The lowest BCUT2D eigenvalue weighted by Crippen LogP contribution is -2.25. The molecule has 0 N–H and O–H groups in total. The van der Waals surface area contributed by atoms with Crippen LogP contribution in [-0.2, 0) is 14.3 Å². The fraction of sp³-hybridized carbons (Fsp3) is 0.200. The average molecular weight is 404 g/mol. The molecule has 0 saturated carbocycles. The van der Waals surface area contributed by atoms with Crippen molar-refractivity contribution in [2.45, 2.75) is 32.0 Å². The number of esters is 1. The molecule has 0 unspecified atom stereocenters. The zero-order valence-electron chi connectivity index (χ0n) is 16.7. The monoisotopic (exact) mass is 404 g/mol. The van der Waals surface area contributed by atoms with E-state index in [0.29, 0.717) is 0 Å². The van der Waals surface area contributed by atoms with Gasteiger partial charge in [-0.25, -0.2) is 4.79 Å². The number of ether oxygens (including phenoxy) is 1. The summed E-state index contributed by atoms with van der Waals surface area (Å²) in [7, 11) is -0.897. The Morgan fingerprint density at radius 1 is 0.759 bits per heavy atom. The van der Waals surface area contributed by atoms with Gasteiger partial charge in [0.2, 0.25) is 5.78 Å². The Bertz CT molecular complexity index is 885. The number of Topliss-reactive ketones (excluding diaryl/α,β-unsaturated/α-hetero) is 1. The Balaban J connectivity index is 2.04. The Kier molecular flexibility index (Phi) is 7.32. The van der Waals surface area contributed by atoms with E-state index in [9.17, 15) is 9.59 Å². The average Bonchev–Trinajstić information content (AvgIpc) is 2.75. The van der Waals surface area contributed by atoms with Crippen LogP contribution in [0.2, 0.25) is 0 Å². The van der Waals surface area contributed by atoms with Crippen molar-refractivity contribution in [3.8, 4) is 0 Å². The molecule has 4 heteroatoms. The van der Waals surface area contributed by atoms with Gasteiger partial charge in [-0.05, 0) is 37.9 Å². The van der Waals surface area contributed by atoms with Crippen LogP contribution in [0.1, 0.15) is 31.5 Å². The summed E-state index contributed by atoms with van der Waals surface area (Å²) < 4.78 is 5.16. The maximum Gasteiger partial charge on any atom is 0.374 e. The smallest absolute Gasteiger partial charge is 0.374 e. The summed E-state index contributed by atoms with van der Waals surface area (Å²) in [5.41, 5.74) is 0.931. The minimum Gasteiger partial charge on any atom is -0.457 e. The number of rotatable bonds is 8. The van der Waals surface area contributed by atoms with Crippen LogP contribution in [0.3, 0.4) is 0 Å². The summed E-state index contributed by atoms with van der Waals surface area (Å²) in [6.07, 6.45) is -0.197. The first kappa shape index (κ1) is 21.0. The zero-order chi connectivity index (χ0) is 20.6. The highest BCUT2D eigenvalue weighted by atomic mass is 31.1. The summed E-state index contributed by atoms with van der Waals surface area (Å²) in [5.74, 6) is -1.23. The van der Waals surface area contributed by atoms with Gasteiger partial charge in [0.05, 0.1) is 6.10 Å². The first-order valence-electron chi connectivity index (χ1n) is 9.74. The van der Waals surface area contributed by atoms with Crippen molar-refractivity contribution >= 4 is 30.3 Å². The SMILES string of the molecule is CC(C)OC(=O)C(=O)C[C@@H](c1ccccc1)P(c1ccccc1)c1ccccc1. The molecule has 0 spiro atoms. The zero-order valence-corrected chi connectivity index (χ0v) is 17.6. The van der Waals surface area contributed by atoms with Crippen molar-refractivity contribution < 1.29 is 14.3 Å². The van der Waals surface area contributed by atoms with Crippen LogP contribution >= 0.6 is 7.92 Å². The highest BCUT2D eigenvalue weighted by Crippen LogP contribution is 2.51. The van der Waals surface area contributed by atoms with Gasteiger partial charge in [-0.2, -0.15) is 0 Å². The van der Waals surface area contributed by atoms with Gasteiger partial charge in [-0.15, -0.1) is 0 Å². The second kappa shape index (κ2) is 10.1. The van der Waals surface area contributed by atoms with Crippen molar-refractivity contribution in [3.63, 3.8) is 0 Å². The molecule has 0 amide bonds. The maximum atomic E-state index is 12.8. The van der Waals surface area contributed by atoms with E-state index >= 15 is 0 Å². The lowest BCUT2D eigenvalue weighted by atomic mass is 10.1. The van der Waals surface area contributed by atoms with Gasteiger partial charge in [0.1, 0.15) is 0 Å². The largest absolute Gasteiger partial charge is 0.457 e. The highest BCUT2D eigenvalue weighted by Gasteiger charge is 2.31. The molecule has 0 aliphatic rings.